The van der Waals surface area contributed by atoms with Gasteiger partial charge in [0.1, 0.15) is 0 Å². The van der Waals surface area contributed by atoms with Crippen molar-refractivity contribution in [2.75, 3.05) is 6.54 Å². The first-order valence-electron chi connectivity index (χ1n) is 4.36. The van der Waals surface area contributed by atoms with Gasteiger partial charge in [-0.3, -0.25) is 4.79 Å². The summed E-state index contributed by atoms with van der Waals surface area (Å²) in [5.74, 6) is 0.00546. The molecule has 3 nitrogen and oxygen atoms in total. The molecule has 0 aromatic rings. The minimum absolute atomic E-state index is 0.00546. The van der Waals surface area contributed by atoms with Crippen molar-refractivity contribution >= 4 is 5.91 Å². The van der Waals surface area contributed by atoms with Crippen LogP contribution in [0.5, 0.6) is 0 Å². The summed E-state index contributed by atoms with van der Waals surface area (Å²) in [6.07, 6.45) is 0.333. The molecule has 0 radical (unpaired) electrons. The van der Waals surface area contributed by atoms with Gasteiger partial charge in [0.25, 0.3) is 0 Å². The van der Waals surface area contributed by atoms with E-state index in [4.69, 9.17) is 5.11 Å². The van der Waals surface area contributed by atoms with E-state index in [0.717, 1.165) is 6.42 Å². The van der Waals surface area contributed by atoms with Crippen molar-refractivity contribution in [3.8, 4) is 0 Å². The molecule has 0 heterocycles. The van der Waals surface area contributed by atoms with E-state index in [1.165, 1.54) is 0 Å². The molecule has 0 unspecified atom stereocenters. The number of carbonyl (C=O) groups is 1. The topological polar surface area (TPSA) is 49.3 Å². The molecule has 3 heteroatoms. The second kappa shape index (κ2) is 4.45. The number of aliphatic hydroxyl groups excluding tert-OH is 1. The number of amides is 1. The van der Waals surface area contributed by atoms with E-state index < -0.39 is 6.10 Å². The van der Waals surface area contributed by atoms with Crippen LogP contribution in [0, 0.1) is 5.41 Å². The Morgan fingerprint density at radius 3 is 2.42 bits per heavy atom. The number of aliphatic hydroxyl groups is 1. The highest BCUT2D eigenvalue weighted by Gasteiger charge is 2.24. The molecule has 0 aliphatic rings. The lowest BCUT2D eigenvalue weighted by atomic mass is 9.89. The molecule has 0 aliphatic carbocycles. The molecule has 0 aliphatic heterocycles. The van der Waals surface area contributed by atoms with Gasteiger partial charge in [-0.15, -0.1) is 0 Å². The highest BCUT2D eigenvalue weighted by Crippen LogP contribution is 2.19. The van der Waals surface area contributed by atoms with Crippen LogP contribution in [0.2, 0.25) is 0 Å². The third-order valence-electron chi connectivity index (χ3n) is 2.06. The lowest BCUT2D eigenvalue weighted by Gasteiger charge is -2.21. The molecule has 1 atom stereocenters. The van der Waals surface area contributed by atoms with Crippen molar-refractivity contribution in [1.29, 1.82) is 0 Å². The smallest absolute Gasteiger partial charge is 0.225 e. The quantitative estimate of drug-likeness (QED) is 0.664. The fourth-order valence-electron chi connectivity index (χ4n) is 0.640. The zero-order valence-corrected chi connectivity index (χ0v) is 8.35. The Balaban J connectivity index is 3.88. The monoisotopic (exact) mass is 173 g/mol. The molecular formula is C9H19NO2. The first kappa shape index (κ1) is 11.4. The number of rotatable bonds is 4. The third kappa shape index (κ3) is 3.72. The van der Waals surface area contributed by atoms with Crippen LogP contribution in [0.25, 0.3) is 0 Å². The highest BCUT2D eigenvalue weighted by molar-refractivity contribution is 5.81. The van der Waals surface area contributed by atoms with Crippen LogP contribution in [0.4, 0.5) is 0 Å². The summed E-state index contributed by atoms with van der Waals surface area (Å²) in [6, 6.07) is 0. The Labute approximate surface area is 74.2 Å². The lowest BCUT2D eigenvalue weighted by Crippen LogP contribution is -2.39. The number of hydrogen-bond donors (Lipinski definition) is 2. The molecule has 0 saturated carbocycles. The molecule has 1 amide bonds. The fraction of sp³-hybridized carbons (Fsp3) is 0.889. The van der Waals surface area contributed by atoms with Crippen molar-refractivity contribution in [3.63, 3.8) is 0 Å². The second-order valence-corrected chi connectivity index (χ2v) is 3.80. The van der Waals surface area contributed by atoms with Crippen molar-refractivity contribution in [2.45, 2.75) is 40.2 Å². The molecule has 12 heavy (non-hydrogen) atoms. The molecular weight excluding hydrogens is 154 g/mol. The van der Waals surface area contributed by atoms with Gasteiger partial charge >= 0.3 is 0 Å². The van der Waals surface area contributed by atoms with E-state index in [1.54, 1.807) is 6.92 Å². The first-order chi connectivity index (χ1) is 5.40. The minimum atomic E-state index is -0.471. The summed E-state index contributed by atoms with van der Waals surface area (Å²) < 4.78 is 0. The Bertz CT molecular complexity index is 153. The maximum absolute atomic E-state index is 11.4. The molecule has 72 valence electrons. The van der Waals surface area contributed by atoms with Gasteiger partial charge in [0.15, 0.2) is 0 Å². The zero-order valence-electron chi connectivity index (χ0n) is 8.35. The molecule has 0 saturated heterocycles. The third-order valence-corrected chi connectivity index (χ3v) is 2.06. The van der Waals surface area contributed by atoms with Crippen LogP contribution in [0.1, 0.15) is 34.1 Å². The van der Waals surface area contributed by atoms with Gasteiger partial charge in [0.05, 0.1) is 6.10 Å². The molecule has 0 bridgehead atoms. The lowest BCUT2D eigenvalue weighted by molar-refractivity contribution is -0.129. The summed E-state index contributed by atoms with van der Waals surface area (Å²) in [7, 11) is 0. The van der Waals surface area contributed by atoms with Crippen LogP contribution >= 0.6 is 0 Å². The SMILES string of the molecule is CCC(C)(C)C(=O)NC[C@H](C)O. The Morgan fingerprint density at radius 1 is 1.58 bits per heavy atom. The van der Waals surface area contributed by atoms with E-state index in [9.17, 15) is 4.79 Å². The van der Waals surface area contributed by atoms with Crippen molar-refractivity contribution in [2.24, 2.45) is 5.41 Å². The standard InChI is InChI=1S/C9H19NO2/c1-5-9(3,4)8(12)10-6-7(2)11/h7,11H,5-6H2,1-4H3,(H,10,12)/t7-/m0/s1. The van der Waals surface area contributed by atoms with E-state index in [-0.39, 0.29) is 11.3 Å². The molecule has 0 aromatic carbocycles. The minimum Gasteiger partial charge on any atom is -0.392 e. The van der Waals surface area contributed by atoms with E-state index >= 15 is 0 Å². The van der Waals surface area contributed by atoms with Gasteiger partial charge in [-0.05, 0) is 13.3 Å². The largest absolute Gasteiger partial charge is 0.392 e. The van der Waals surface area contributed by atoms with Gasteiger partial charge in [-0.25, -0.2) is 0 Å². The molecule has 0 fully saturated rings. The average Bonchev–Trinajstić information content (AvgIpc) is 2.00. The average molecular weight is 173 g/mol. The van der Waals surface area contributed by atoms with Crippen LogP contribution in [0.15, 0.2) is 0 Å². The maximum atomic E-state index is 11.4. The molecule has 0 rings (SSSR count). The highest BCUT2D eigenvalue weighted by atomic mass is 16.3. The normalized spacial score (nSPS) is 14.1. The summed E-state index contributed by atoms with van der Waals surface area (Å²) in [5, 5.41) is 11.6. The summed E-state index contributed by atoms with van der Waals surface area (Å²) >= 11 is 0. The summed E-state index contributed by atoms with van der Waals surface area (Å²) in [6.45, 7) is 7.75. The fourth-order valence-corrected chi connectivity index (χ4v) is 0.640. The van der Waals surface area contributed by atoms with Gasteiger partial charge in [0.2, 0.25) is 5.91 Å². The van der Waals surface area contributed by atoms with Gasteiger partial charge in [0, 0.05) is 12.0 Å². The predicted octanol–water partition coefficient (Wildman–Crippen LogP) is 0.920. The Kier molecular flexibility index (Phi) is 4.24. The number of hydrogen-bond acceptors (Lipinski definition) is 2. The Hall–Kier alpha value is -0.570. The summed E-state index contributed by atoms with van der Waals surface area (Å²) in [5.41, 5.74) is -0.325. The van der Waals surface area contributed by atoms with Crippen molar-refractivity contribution < 1.29 is 9.90 Å². The van der Waals surface area contributed by atoms with Crippen LogP contribution in [-0.2, 0) is 4.79 Å². The number of nitrogens with one attached hydrogen (secondary N) is 1. The van der Waals surface area contributed by atoms with Gasteiger partial charge < -0.3 is 10.4 Å². The van der Waals surface area contributed by atoms with Crippen LogP contribution < -0.4 is 5.32 Å². The molecule has 0 aromatic heterocycles. The second-order valence-electron chi connectivity index (χ2n) is 3.80. The molecule has 2 N–H and O–H groups in total. The first-order valence-corrected chi connectivity index (χ1v) is 4.36. The predicted molar refractivity (Wildman–Crippen MR) is 48.8 cm³/mol. The van der Waals surface area contributed by atoms with Gasteiger partial charge in [-0.1, -0.05) is 20.8 Å². The molecule has 0 spiro atoms. The van der Waals surface area contributed by atoms with E-state index in [2.05, 4.69) is 5.32 Å². The van der Waals surface area contributed by atoms with E-state index in [0.29, 0.717) is 6.54 Å². The van der Waals surface area contributed by atoms with Crippen LogP contribution in [0.3, 0.4) is 0 Å². The van der Waals surface area contributed by atoms with Gasteiger partial charge in [-0.2, -0.15) is 0 Å². The Morgan fingerprint density at radius 2 is 2.08 bits per heavy atom. The maximum Gasteiger partial charge on any atom is 0.225 e. The number of carbonyl (C=O) groups excluding carboxylic acids is 1. The van der Waals surface area contributed by atoms with E-state index in [1.807, 2.05) is 20.8 Å². The van der Waals surface area contributed by atoms with Crippen molar-refractivity contribution in [3.05, 3.63) is 0 Å². The van der Waals surface area contributed by atoms with Crippen LogP contribution in [-0.4, -0.2) is 23.7 Å². The van der Waals surface area contributed by atoms with Crippen molar-refractivity contribution in [1.82, 2.24) is 5.32 Å². The summed E-state index contributed by atoms with van der Waals surface area (Å²) in [4.78, 5) is 11.4. The zero-order chi connectivity index (χ0) is 9.78.